The Hall–Kier alpha value is -2.02. The van der Waals surface area contributed by atoms with Crippen LogP contribution in [0.5, 0.6) is 0 Å². The van der Waals surface area contributed by atoms with E-state index in [-0.39, 0.29) is 24.3 Å². The van der Waals surface area contributed by atoms with E-state index in [1.54, 1.807) is 36.0 Å². The van der Waals surface area contributed by atoms with Crippen molar-refractivity contribution in [3.05, 3.63) is 29.8 Å². The highest BCUT2D eigenvalue weighted by molar-refractivity contribution is 7.99. The molecule has 0 radical (unpaired) electrons. The fraction of sp³-hybridized carbons (Fsp3) is 0.526. The van der Waals surface area contributed by atoms with E-state index in [4.69, 9.17) is 0 Å². The van der Waals surface area contributed by atoms with Gasteiger partial charge in [0.2, 0.25) is 5.91 Å². The molecule has 1 aliphatic carbocycles. The first-order valence-electron chi connectivity index (χ1n) is 9.00. The zero-order chi connectivity index (χ0) is 18.6. The number of thioether (sulfide) groups is 1. The van der Waals surface area contributed by atoms with E-state index in [9.17, 15) is 19.5 Å². The fourth-order valence-corrected chi connectivity index (χ4v) is 4.99. The average Bonchev–Trinajstić information content (AvgIpc) is 3.28. The molecule has 0 spiro atoms. The molecule has 1 unspecified atom stereocenters. The number of amides is 2. The summed E-state index contributed by atoms with van der Waals surface area (Å²) in [5.74, 6) is -0.0716. The molecule has 1 heterocycles. The number of aliphatic carboxylic acids is 1. The van der Waals surface area contributed by atoms with E-state index in [1.165, 1.54) is 0 Å². The van der Waals surface area contributed by atoms with Gasteiger partial charge in [-0.1, -0.05) is 12.8 Å². The molecule has 6 nitrogen and oxygen atoms in total. The van der Waals surface area contributed by atoms with Crippen molar-refractivity contribution < 1.29 is 19.5 Å². The number of hydrogen-bond donors (Lipinski definition) is 3. The van der Waals surface area contributed by atoms with Crippen molar-refractivity contribution in [1.82, 2.24) is 5.32 Å². The maximum Gasteiger partial charge on any atom is 0.311 e. The Balaban J connectivity index is 1.55. The molecular formula is C19H24N2O4S. The van der Waals surface area contributed by atoms with Crippen molar-refractivity contribution in [2.45, 2.75) is 44.6 Å². The Bertz CT molecular complexity index is 677. The van der Waals surface area contributed by atoms with Crippen LogP contribution in [-0.2, 0) is 9.59 Å². The van der Waals surface area contributed by atoms with Gasteiger partial charge >= 0.3 is 5.97 Å². The summed E-state index contributed by atoms with van der Waals surface area (Å²) >= 11 is 1.57. The molecule has 2 aliphatic rings. The normalized spacial score (nSPS) is 22.9. The first-order valence-corrected chi connectivity index (χ1v) is 10.2. The zero-order valence-corrected chi connectivity index (χ0v) is 15.4. The molecule has 0 bridgehead atoms. The summed E-state index contributed by atoms with van der Waals surface area (Å²) in [5, 5.41) is 15.2. The van der Waals surface area contributed by atoms with Gasteiger partial charge in [-0.05, 0) is 49.3 Å². The summed E-state index contributed by atoms with van der Waals surface area (Å²) in [6.07, 6.45) is 4.87. The molecule has 0 aromatic heterocycles. The van der Waals surface area contributed by atoms with Gasteiger partial charge in [0.25, 0.3) is 5.91 Å². The highest BCUT2D eigenvalue weighted by Crippen LogP contribution is 2.39. The van der Waals surface area contributed by atoms with Crippen LogP contribution in [-0.4, -0.2) is 40.4 Å². The van der Waals surface area contributed by atoms with Crippen LogP contribution in [0.15, 0.2) is 24.3 Å². The number of rotatable bonds is 6. The quantitative estimate of drug-likeness (QED) is 0.709. The van der Waals surface area contributed by atoms with Gasteiger partial charge in [0, 0.05) is 29.5 Å². The lowest BCUT2D eigenvalue weighted by Crippen LogP contribution is -2.35. The summed E-state index contributed by atoms with van der Waals surface area (Å²) in [6, 6.07) is 6.98. The lowest BCUT2D eigenvalue weighted by atomic mass is 9.84. The second kappa shape index (κ2) is 8.12. The number of carboxylic acids is 1. The van der Waals surface area contributed by atoms with E-state index < -0.39 is 11.4 Å². The van der Waals surface area contributed by atoms with Gasteiger partial charge in [-0.3, -0.25) is 14.4 Å². The van der Waals surface area contributed by atoms with Crippen LogP contribution in [0.25, 0.3) is 0 Å². The summed E-state index contributed by atoms with van der Waals surface area (Å²) in [5.41, 5.74) is 0.165. The molecule has 1 aromatic carbocycles. The predicted octanol–water partition coefficient (Wildman–Crippen LogP) is 2.90. The van der Waals surface area contributed by atoms with Crippen LogP contribution in [0.3, 0.4) is 0 Å². The Morgan fingerprint density at radius 1 is 1.15 bits per heavy atom. The van der Waals surface area contributed by atoms with Crippen molar-refractivity contribution in [2.75, 3.05) is 16.8 Å². The third-order valence-corrected chi connectivity index (χ3v) is 6.43. The summed E-state index contributed by atoms with van der Waals surface area (Å²) in [7, 11) is 0. The lowest BCUT2D eigenvalue weighted by molar-refractivity contribution is -0.149. The monoisotopic (exact) mass is 376 g/mol. The minimum atomic E-state index is -0.962. The largest absolute Gasteiger partial charge is 0.481 e. The van der Waals surface area contributed by atoms with Crippen LogP contribution in [0.4, 0.5) is 5.69 Å². The molecule has 3 N–H and O–H groups in total. The van der Waals surface area contributed by atoms with Crippen LogP contribution >= 0.6 is 11.8 Å². The molecule has 1 aliphatic heterocycles. The number of carboxylic acid groups (broad SMARTS) is 1. The van der Waals surface area contributed by atoms with Crippen LogP contribution in [0, 0.1) is 5.41 Å². The van der Waals surface area contributed by atoms with Gasteiger partial charge in [-0.2, -0.15) is 11.8 Å². The SMILES string of the molecule is O=C(CC1(C(=O)O)CCSC1)Nc1ccc(C(=O)NC2CCCC2)cc1. The van der Waals surface area contributed by atoms with Gasteiger partial charge in [0.15, 0.2) is 0 Å². The highest BCUT2D eigenvalue weighted by atomic mass is 32.2. The Morgan fingerprint density at radius 3 is 2.42 bits per heavy atom. The first-order chi connectivity index (χ1) is 12.5. The minimum Gasteiger partial charge on any atom is -0.481 e. The Kier molecular flexibility index (Phi) is 5.86. The van der Waals surface area contributed by atoms with E-state index in [0.29, 0.717) is 23.4 Å². The Labute approximate surface area is 157 Å². The number of carbonyl (C=O) groups excluding carboxylic acids is 2. The van der Waals surface area contributed by atoms with Gasteiger partial charge in [-0.15, -0.1) is 0 Å². The van der Waals surface area contributed by atoms with E-state index >= 15 is 0 Å². The number of benzene rings is 1. The van der Waals surface area contributed by atoms with Crippen LogP contribution in [0.1, 0.15) is 48.9 Å². The number of hydrogen-bond acceptors (Lipinski definition) is 4. The Morgan fingerprint density at radius 2 is 1.85 bits per heavy atom. The molecule has 1 aromatic rings. The molecule has 1 atom stereocenters. The van der Waals surface area contributed by atoms with Crippen molar-refractivity contribution >= 4 is 35.2 Å². The molecule has 2 amide bonds. The summed E-state index contributed by atoms with van der Waals surface area (Å²) in [6.45, 7) is 0. The standard InChI is InChI=1S/C19H24N2O4S/c22-16(11-19(18(24)25)9-10-26-12-19)20-15-7-5-13(6-8-15)17(23)21-14-3-1-2-4-14/h5-8,14H,1-4,9-12H2,(H,20,22)(H,21,23)(H,24,25). The smallest absolute Gasteiger partial charge is 0.311 e. The van der Waals surface area contributed by atoms with Crippen molar-refractivity contribution in [3.8, 4) is 0 Å². The second-order valence-electron chi connectivity index (χ2n) is 7.15. The molecule has 1 saturated carbocycles. The topological polar surface area (TPSA) is 95.5 Å². The van der Waals surface area contributed by atoms with Crippen LogP contribution < -0.4 is 10.6 Å². The third kappa shape index (κ3) is 4.38. The second-order valence-corrected chi connectivity index (χ2v) is 8.25. The minimum absolute atomic E-state index is 0.0285. The lowest BCUT2D eigenvalue weighted by Gasteiger charge is -2.22. The maximum absolute atomic E-state index is 12.3. The zero-order valence-electron chi connectivity index (χ0n) is 14.6. The fourth-order valence-electron chi connectivity index (χ4n) is 3.55. The maximum atomic E-state index is 12.3. The van der Waals surface area contributed by atoms with Crippen molar-refractivity contribution in [3.63, 3.8) is 0 Å². The molecule has 3 rings (SSSR count). The molecule has 26 heavy (non-hydrogen) atoms. The van der Waals surface area contributed by atoms with Crippen LogP contribution in [0.2, 0.25) is 0 Å². The van der Waals surface area contributed by atoms with Crippen molar-refractivity contribution in [1.29, 1.82) is 0 Å². The number of carbonyl (C=O) groups is 3. The average molecular weight is 376 g/mol. The first kappa shape index (κ1) is 18.8. The molecule has 1 saturated heterocycles. The van der Waals surface area contributed by atoms with Gasteiger partial charge in [0.1, 0.15) is 0 Å². The predicted molar refractivity (Wildman–Crippen MR) is 101 cm³/mol. The highest BCUT2D eigenvalue weighted by Gasteiger charge is 2.43. The summed E-state index contributed by atoms with van der Waals surface area (Å²) < 4.78 is 0. The third-order valence-electron chi connectivity index (χ3n) is 5.18. The van der Waals surface area contributed by atoms with E-state index in [0.717, 1.165) is 31.4 Å². The van der Waals surface area contributed by atoms with Crippen molar-refractivity contribution in [2.24, 2.45) is 5.41 Å². The molecule has 140 valence electrons. The van der Waals surface area contributed by atoms with E-state index in [2.05, 4.69) is 10.6 Å². The molecular weight excluding hydrogens is 352 g/mol. The molecule has 2 fully saturated rings. The number of nitrogens with one attached hydrogen (secondary N) is 2. The summed E-state index contributed by atoms with van der Waals surface area (Å²) in [4.78, 5) is 36.0. The molecule has 7 heteroatoms. The number of anilines is 1. The van der Waals surface area contributed by atoms with Gasteiger partial charge in [0.05, 0.1) is 5.41 Å². The van der Waals surface area contributed by atoms with Gasteiger partial charge < -0.3 is 15.7 Å². The van der Waals surface area contributed by atoms with Gasteiger partial charge in [-0.25, -0.2) is 0 Å². The van der Waals surface area contributed by atoms with E-state index in [1.807, 2.05) is 0 Å².